The van der Waals surface area contributed by atoms with Crippen molar-refractivity contribution in [3.05, 3.63) is 40.4 Å². The van der Waals surface area contributed by atoms with Crippen molar-refractivity contribution < 1.29 is 18.0 Å². The fraction of sp³-hybridized carbons (Fsp3) is 0.375. The van der Waals surface area contributed by atoms with Crippen LogP contribution in [-0.4, -0.2) is 53.4 Å². The lowest BCUT2D eigenvalue weighted by atomic mass is 10.2. The van der Waals surface area contributed by atoms with Crippen molar-refractivity contribution in [2.24, 2.45) is 0 Å². The number of hydrazine groups is 1. The van der Waals surface area contributed by atoms with Gasteiger partial charge in [0.05, 0.1) is 4.90 Å². The Morgan fingerprint density at radius 2 is 2.00 bits per heavy atom. The van der Waals surface area contributed by atoms with Crippen molar-refractivity contribution in [1.82, 2.24) is 29.9 Å². The number of benzene rings is 1. The number of carbonyl (C=O) groups is 2. The van der Waals surface area contributed by atoms with Gasteiger partial charge in [0.2, 0.25) is 10.0 Å². The first-order valence-corrected chi connectivity index (χ1v) is 10.3. The summed E-state index contributed by atoms with van der Waals surface area (Å²) in [6.45, 7) is 1.87. The molecule has 28 heavy (non-hydrogen) atoms. The van der Waals surface area contributed by atoms with Gasteiger partial charge < -0.3 is 0 Å². The van der Waals surface area contributed by atoms with E-state index in [1.165, 1.54) is 38.4 Å². The van der Waals surface area contributed by atoms with E-state index in [2.05, 4.69) is 21.0 Å². The SMILES string of the molecule is CCCc1n[nH]c(=S)n1CC(=O)NNC(=O)c1cccc(S(=O)(=O)N(C)C)c1. The van der Waals surface area contributed by atoms with Gasteiger partial charge in [0.15, 0.2) is 4.77 Å². The van der Waals surface area contributed by atoms with E-state index in [0.717, 1.165) is 10.7 Å². The maximum Gasteiger partial charge on any atom is 0.269 e. The molecule has 0 bridgehead atoms. The third-order valence-electron chi connectivity index (χ3n) is 3.80. The van der Waals surface area contributed by atoms with Crippen LogP contribution in [0, 0.1) is 4.77 Å². The number of aryl methyl sites for hydroxylation is 1. The quantitative estimate of drug-likeness (QED) is 0.439. The van der Waals surface area contributed by atoms with Crippen molar-refractivity contribution >= 4 is 34.1 Å². The van der Waals surface area contributed by atoms with E-state index in [4.69, 9.17) is 12.2 Å². The van der Waals surface area contributed by atoms with Gasteiger partial charge in [0.25, 0.3) is 11.8 Å². The Labute approximate surface area is 168 Å². The van der Waals surface area contributed by atoms with Crippen molar-refractivity contribution in [2.45, 2.75) is 31.2 Å². The molecule has 2 amide bonds. The molecule has 1 aromatic heterocycles. The third-order valence-corrected chi connectivity index (χ3v) is 5.93. The summed E-state index contributed by atoms with van der Waals surface area (Å²) in [4.78, 5) is 24.4. The number of rotatable bonds is 7. The van der Waals surface area contributed by atoms with Gasteiger partial charge in [0.1, 0.15) is 12.4 Å². The summed E-state index contributed by atoms with van der Waals surface area (Å²) in [5, 5.41) is 6.70. The van der Waals surface area contributed by atoms with Gasteiger partial charge in [-0.25, -0.2) is 12.7 Å². The number of H-pyrrole nitrogens is 1. The van der Waals surface area contributed by atoms with Gasteiger partial charge in [-0.15, -0.1) is 0 Å². The highest BCUT2D eigenvalue weighted by atomic mass is 32.2. The normalized spacial score (nSPS) is 11.4. The zero-order valence-corrected chi connectivity index (χ0v) is 17.4. The Morgan fingerprint density at radius 3 is 2.64 bits per heavy atom. The second-order valence-corrected chi connectivity index (χ2v) is 8.64. The zero-order chi connectivity index (χ0) is 20.9. The van der Waals surface area contributed by atoms with Gasteiger partial charge in [0, 0.05) is 26.1 Å². The average Bonchev–Trinajstić information content (AvgIpc) is 3.00. The van der Waals surface area contributed by atoms with Gasteiger partial charge in [-0.2, -0.15) is 5.10 Å². The second kappa shape index (κ2) is 9.08. The molecule has 0 fully saturated rings. The van der Waals surface area contributed by atoms with E-state index >= 15 is 0 Å². The molecular formula is C16H22N6O4S2. The number of amides is 2. The molecule has 0 aliphatic rings. The molecule has 2 rings (SSSR count). The Hall–Kier alpha value is -2.57. The average molecular weight is 427 g/mol. The standard InChI is InChI=1S/C16H22N6O4S2/c1-4-6-13-17-20-16(27)22(13)10-14(23)18-19-15(24)11-7-5-8-12(9-11)28(25,26)21(2)3/h5,7-9H,4,6,10H2,1-3H3,(H,18,23)(H,19,24)(H,20,27). The Balaban J connectivity index is 2.04. The van der Waals surface area contributed by atoms with Crippen LogP contribution in [0.1, 0.15) is 29.5 Å². The number of sulfonamides is 1. The second-order valence-electron chi connectivity index (χ2n) is 6.10. The number of nitrogens with zero attached hydrogens (tertiary/aromatic N) is 3. The van der Waals surface area contributed by atoms with Crippen LogP contribution in [0.3, 0.4) is 0 Å². The number of hydrogen-bond donors (Lipinski definition) is 3. The molecular weight excluding hydrogens is 404 g/mol. The molecule has 0 saturated carbocycles. The Morgan fingerprint density at radius 1 is 1.29 bits per heavy atom. The van der Waals surface area contributed by atoms with Crippen LogP contribution in [0.15, 0.2) is 29.2 Å². The lowest BCUT2D eigenvalue weighted by Crippen LogP contribution is -2.43. The summed E-state index contributed by atoms with van der Waals surface area (Å²) >= 11 is 5.10. The van der Waals surface area contributed by atoms with Crippen LogP contribution in [0.4, 0.5) is 0 Å². The molecule has 0 aliphatic heterocycles. The number of nitrogens with one attached hydrogen (secondary N) is 3. The van der Waals surface area contributed by atoms with Crippen molar-refractivity contribution in [2.75, 3.05) is 14.1 Å². The zero-order valence-electron chi connectivity index (χ0n) is 15.7. The highest BCUT2D eigenvalue weighted by molar-refractivity contribution is 7.89. The Bertz CT molecular complexity index is 1030. The fourth-order valence-electron chi connectivity index (χ4n) is 2.32. The molecule has 1 aromatic carbocycles. The minimum atomic E-state index is -3.67. The summed E-state index contributed by atoms with van der Waals surface area (Å²) < 4.78 is 27.2. The van der Waals surface area contributed by atoms with Crippen LogP contribution in [0.25, 0.3) is 0 Å². The van der Waals surface area contributed by atoms with E-state index in [-0.39, 0.29) is 17.0 Å². The molecule has 3 N–H and O–H groups in total. The molecule has 2 aromatic rings. The molecule has 1 heterocycles. The van der Waals surface area contributed by atoms with E-state index in [0.29, 0.717) is 17.0 Å². The molecule has 0 saturated heterocycles. The summed E-state index contributed by atoms with van der Waals surface area (Å²) in [6.07, 6.45) is 1.49. The van der Waals surface area contributed by atoms with Gasteiger partial charge >= 0.3 is 0 Å². The highest BCUT2D eigenvalue weighted by Gasteiger charge is 2.19. The molecule has 152 valence electrons. The van der Waals surface area contributed by atoms with E-state index in [9.17, 15) is 18.0 Å². The van der Waals surface area contributed by atoms with E-state index < -0.39 is 21.8 Å². The van der Waals surface area contributed by atoms with Crippen LogP contribution >= 0.6 is 12.2 Å². The largest absolute Gasteiger partial charge is 0.295 e. The van der Waals surface area contributed by atoms with Crippen LogP contribution in [-0.2, 0) is 27.8 Å². The minimum Gasteiger partial charge on any atom is -0.295 e. The predicted molar refractivity (Wildman–Crippen MR) is 104 cm³/mol. The number of carbonyl (C=O) groups excluding carboxylic acids is 2. The highest BCUT2D eigenvalue weighted by Crippen LogP contribution is 2.14. The number of hydrogen-bond acceptors (Lipinski definition) is 6. The summed E-state index contributed by atoms with van der Waals surface area (Å²) in [7, 11) is -0.875. The molecule has 0 aliphatic carbocycles. The summed E-state index contributed by atoms with van der Waals surface area (Å²) in [5.41, 5.74) is 4.65. The predicted octanol–water partition coefficient (Wildman–Crippen LogP) is 0.605. The van der Waals surface area contributed by atoms with Crippen LogP contribution in [0.2, 0.25) is 0 Å². The molecule has 0 atom stereocenters. The molecule has 0 radical (unpaired) electrons. The topological polar surface area (TPSA) is 129 Å². The van der Waals surface area contributed by atoms with E-state index in [1.807, 2.05) is 6.92 Å². The van der Waals surface area contributed by atoms with Crippen molar-refractivity contribution in [3.8, 4) is 0 Å². The first kappa shape index (κ1) is 21.7. The van der Waals surface area contributed by atoms with Gasteiger partial charge in [-0.1, -0.05) is 13.0 Å². The third kappa shape index (κ3) is 5.03. The summed E-state index contributed by atoms with van der Waals surface area (Å²) in [5.74, 6) is -0.496. The maximum absolute atomic E-state index is 12.3. The smallest absolute Gasteiger partial charge is 0.269 e. The molecule has 10 nitrogen and oxygen atoms in total. The lowest BCUT2D eigenvalue weighted by molar-refractivity contribution is -0.122. The number of aromatic nitrogens is 3. The van der Waals surface area contributed by atoms with Crippen LogP contribution in [0.5, 0.6) is 0 Å². The molecule has 0 unspecified atom stereocenters. The maximum atomic E-state index is 12.3. The molecule has 0 spiro atoms. The minimum absolute atomic E-state index is 0.0228. The van der Waals surface area contributed by atoms with Gasteiger partial charge in [-0.05, 0) is 36.8 Å². The fourth-order valence-corrected chi connectivity index (χ4v) is 3.48. The molecule has 12 heteroatoms. The first-order valence-electron chi connectivity index (χ1n) is 8.42. The van der Waals surface area contributed by atoms with Crippen molar-refractivity contribution in [1.29, 1.82) is 0 Å². The summed E-state index contributed by atoms with van der Waals surface area (Å²) in [6, 6.07) is 5.53. The first-order chi connectivity index (χ1) is 13.2. The Kier molecular flexibility index (Phi) is 7.05. The monoisotopic (exact) mass is 426 g/mol. The lowest BCUT2D eigenvalue weighted by Gasteiger charge is -2.13. The van der Waals surface area contributed by atoms with Crippen LogP contribution < -0.4 is 10.9 Å². The van der Waals surface area contributed by atoms with Crippen molar-refractivity contribution in [3.63, 3.8) is 0 Å². The van der Waals surface area contributed by atoms with E-state index in [1.54, 1.807) is 4.57 Å². The number of aromatic amines is 1. The van der Waals surface area contributed by atoms with Gasteiger partial charge in [-0.3, -0.25) is 30.1 Å².